The summed E-state index contributed by atoms with van der Waals surface area (Å²) in [6.07, 6.45) is 20.6. The van der Waals surface area contributed by atoms with Crippen molar-refractivity contribution in [1.29, 1.82) is 0 Å². The molecule has 0 saturated carbocycles. The molecule has 3 nitrogen and oxygen atoms in total. The average Bonchev–Trinajstić information content (AvgIpc) is 2.49. The van der Waals surface area contributed by atoms with E-state index in [4.69, 9.17) is 5.11 Å². The number of likely N-dealkylation sites (N-methyl/N-ethyl adjacent to an activating group) is 1. The highest BCUT2D eigenvalue weighted by Gasteiger charge is 2.18. The topological polar surface area (TPSA) is 37.3 Å². The van der Waals surface area contributed by atoms with Crippen LogP contribution in [0.1, 0.15) is 103 Å². The van der Waals surface area contributed by atoms with Crippen molar-refractivity contribution in [3.63, 3.8) is 0 Å². The first-order chi connectivity index (χ1) is 11.5. The number of hydrogen-bond donors (Lipinski definition) is 1. The van der Waals surface area contributed by atoms with E-state index >= 15 is 0 Å². The van der Waals surface area contributed by atoms with Gasteiger partial charge in [0, 0.05) is 0 Å². The third-order valence-electron chi connectivity index (χ3n) is 4.93. The summed E-state index contributed by atoms with van der Waals surface area (Å²) in [7, 11) is 4.02. The van der Waals surface area contributed by atoms with Crippen LogP contribution in [0.15, 0.2) is 0 Å². The number of rotatable bonds is 18. The normalized spacial score (nSPS) is 11.8. The second kappa shape index (κ2) is 15.9. The van der Waals surface area contributed by atoms with Crippen molar-refractivity contribution in [1.82, 2.24) is 0 Å². The van der Waals surface area contributed by atoms with Crippen molar-refractivity contribution in [3.05, 3.63) is 0 Å². The van der Waals surface area contributed by atoms with Crippen LogP contribution in [0, 0.1) is 0 Å². The van der Waals surface area contributed by atoms with Crippen molar-refractivity contribution in [2.45, 2.75) is 103 Å². The third-order valence-corrected chi connectivity index (χ3v) is 4.93. The molecular weight excluding hydrogens is 298 g/mol. The van der Waals surface area contributed by atoms with Gasteiger partial charge in [-0.05, 0) is 12.8 Å². The van der Waals surface area contributed by atoms with E-state index in [1.165, 1.54) is 89.9 Å². The third kappa shape index (κ3) is 17.8. The zero-order valence-electron chi connectivity index (χ0n) is 16.8. The molecule has 0 spiro atoms. The molecule has 0 rings (SSSR count). The molecule has 144 valence electrons. The Morgan fingerprint density at radius 1 is 0.667 bits per heavy atom. The molecule has 0 aliphatic rings. The van der Waals surface area contributed by atoms with E-state index in [2.05, 4.69) is 6.92 Å². The Bertz CT molecular complexity index is 290. The standard InChI is InChI=1S/C21H43NO2/c1-4-5-6-7-8-9-10-11-12-13-14-15-16-17-18-19-22(2,3)20-21(23)24/h4-20H2,1-3H3/p+1. The van der Waals surface area contributed by atoms with Crippen molar-refractivity contribution in [2.24, 2.45) is 0 Å². The molecule has 0 unspecified atom stereocenters. The van der Waals surface area contributed by atoms with E-state index in [0.717, 1.165) is 13.0 Å². The molecule has 0 aromatic rings. The van der Waals surface area contributed by atoms with E-state index in [1.54, 1.807) is 0 Å². The Morgan fingerprint density at radius 2 is 1.00 bits per heavy atom. The van der Waals surface area contributed by atoms with Crippen LogP contribution in [0.4, 0.5) is 0 Å². The molecule has 0 fully saturated rings. The Hall–Kier alpha value is -0.570. The van der Waals surface area contributed by atoms with Gasteiger partial charge in [-0.2, -0.15) is 0 Å². The van der Waals surface area contributed by atoms with E-state index in [1.807, 2.05) is 14.1 Å². The minimum absolute atomic E-state index is 0.235. The van der Waals surface area contributed by atoms with Crippen molar-refractivity contribution in [3.8, 4) is 0 Å². The highest BCUT2D eigenvalue weighted by molar-refractivity contribution is 5.67. The highest BCUT2D eigenvalue weighted by Crippen LogP contribution is 2.13. The van der Waals surface area contributed by atoms with Crippen LogP contribution in [0.25, 0.3) is 0 Å². The minimum atomic E-state index is -0.694. The molecule has 0 aromatic heterocycles. The molecule has 0 saturated heterocycles. The Labute approximate surface area is 151 Å². The number of nitrogens with zero attached hydrogens (tertiary/aromatic N) is 1. The lowest BCUT2D eigenvalue weighted by Crippen LogP contribution is -2.44. The van der Waals surface area contributed by atoms with Gasteiger partial charge < -0.3 is 9.59 Å². The molecule has 0 bridgehead atoms. The summed E-state index contributed by atoms with van der Waals surface area (Å²) in [5.41, 5.74) is 0. The maximum absolute atomic E-state index is 10.8. The van der Waals surface area contributed by atoms with Gasteiger partial charge in [-0.15, -0.1) is 0 Å². The zero-order chi connectivity index (χ0) is 18.1. The van der Waals surface area contributed by atoms with E-state index in [9.17, 15) is 4.79 Å². The van der Waals surface area contributed by atoms with Crippen LogP contribution in [-0.4, -0.2) is 42.7 Å². The molecule has 0 aliphatic heterocycles. The van der Waals surface area contributed by atoms with Crippen LogP contribution in [-0.2, 0) is 4.79 Å². The maximum atomic E-state index is 10.8. The van der Waals surface area contributed by atoms with Crippen LogP contribution in [0.2, 0.25) is 0 Å². The number of carbonyl (C=O) groups is 1. The number of unbranched alkanes of at least 4 members (excludes halogenated alkanes) is 14. The fourth-order valence-corrected chi connectivity index (χ4v) is 3.36. The van der Waals surface area contributed by atoms with E-state index in [0.29, 0.717) is 4.48 Å². The number of aliphatic carboxylic acids is 1. The molecule has 0 aliphatic carbocycles. The smallest absolute Gasteiger partial charge is 0.359 e. The van der Waals surface area contributed by atoms with Gasteiger partial charge in [0.2, 0.25) is 0 Å². The molecule has 0 amide bonds. The Morgan fingerprint density at radius 3 is 1.33 bits per heavy atom. The van der Waals surface area contributed by atoms with Gasteiger partial charge in [0.15, 0.2) is 6.54 Å². The SMILES string of the molecule is CCCCCCCCCCCCCCCCC[N+](C)(C)CC(=O)O. The predicted molar refractivity (Wildman–Crippen MR) is 104 cm³/mol. The predicted octanol–water partition coefficient (Wildman–Crippen LogP) is 6.02. The molecule has 3 heteroatoms. The quantitative estimate of drug-likeness (QED) is 0.244. The van der Waals surface area contributed by atoms with Crippen LogP contribution < -0.4 is 0 Å². The molecule has 24 heavy (non-hydrogen) atoms. The van der Waals surface area contributed by atoms with Gasteiger partial charge in [0.05, 0.1) is 20.6 Å². The van der Waals surface area contributed by atoms with Gasteiger partial charge >= 0.3 is 5.97 Å². The zero-order valence-corrected chi connectivity index (χ0v) is 16.8. The summed E-state index contributed by atoms with van der Waals surface area (Å²) >= 11 is 0. The lowest BCUT2D eigenvalue weighted by atomic mass is 10.0. The fourth-order valence-electron chi connectivity index (χ4n) is 3.36. The number of quaternary nitrogens is 1. The number of carboxylic acids is 1. The summed E-state index contributed by atoms with van der Waals surface area (Å²) in [5.74, 6) is -0.694. The number of carboxylic acid groups (broad SMARTS) is 1. The summed E-state index contributed by atoms with van der Waals surface area (Å²) < 4.78 is 0.605. The summed E-state index contributed by atoms with van der Waals surface area (Å²) in [4.78, 5) is 10.8. The maximum Gasteiger partial charge on any atom is 0.359 e. The molecule has 0 heterocycles. The summed E-state index contributed by atoms with van der Waals surface area (Å²) in [6.45, 7) is 3.49. The highest BCUT2D eigenvalue weighted by atomic mass is 16.4. The van der Waals surface area contributed by atoms with Gasteiger partial charge in [0.1, 0.15) is 0 Å². The first-order valence-electron chi connectivity index (χ1n) is 10.5. The van der Waals surface area contributed by atoms with Gasteiger partial charge in [-0.3, -0.25) is 0 Å². The van der Waals surface area contributed by atoms with Gasteiger partial charge in [-0.1, -0.05) is 90.4 Å². The molecule has 0 atom stereocenters. The van der Waals surface area contributed by atoms with E-state index < -0.39 is 5.97 Å². The lowest BCUT2D eigenvalue weighted by molar-refractivity contribution is -0.883. The monoisotopic (exact) mass is 342 g/mol. The Kier molecular flexibility index (Phi) is 15.6. The molecule has 0 radical (unpaired) electrons. The molecule has 0 aromatic carbocycles. The largest absolute Gasteiger partial charge is 0.477 e. The molecule has 1 N–H and O–H groups in total. The lowest BCUT2D eigenvalue weighted by Gasteiger charge is -2.27. The van der Waals surface area contributed by atoms with Crippen LogP contribution in [0.3, 0.4) is 0 Å². The van der Waals surface area contributed by atoms with Crippen LogP contribution >= 0.6 is 0 Å². The first kappa shape index (κ1) is 23.4. The Balaban J connectivity index is 3.19. The van der Waals surface area contributed by atoms with E-state index in [-0.39, 0.29) is 6.54 Å². The summed E-state index contributed by atoms with van der Waals surface area (Å²) in [6, 6.07) is 0. The second-order valence-corrected chi connectivity index (χ2v) is 8.16. The summed E-state index contributed by atoms with van der Waals surface area (Å²) in [5, 5.41) is 8.86. The second-order valence-electron chi connectivity index (χ2n) is 8.16. The average molecular weight is 343 g/mol. The van der Waals surface area contributed by atoms with Crippen LogP contribution in [0.5, 0.6) is 0 Å². The first-order valence-corrected chi connectivity index (χ1v) is 10.5. The van der Waals surface area contributed by atoms with Crippen molar-refractivity contribution in [2.75, 3.05) is 27.2 Å². The molecular formula is C21H44NO2+. The van der Waals surface area contributed by atoms with Crippen molar-refractivity contribution >= 4 is 5.97 Å². The van der Waals surface area contributed by atoms with Gasteiger partial charge in [-0.25, -0.2) is 4.79 Å². The minimum Gasteiger partial charge on any atom is -0.477 e. The van der Waals surface area contributed by atoms with Gasteiger partial charge in [0.25, 0.3) is 0 Å². The van der Waals surface area contributed by atoms with Crippen molar-refractivity contribution < 1.29 is 14.4 Å². The number of hydrogen-bond acceptors (Lipinski definition) is 1. The fraction of sp³-hybridized carbons (Fsp3) is 0.952.